The van der Waals surface area contributed by atoms with E-state index in [1.54, 1.807) is 13.8 Å². The van der Waals surface area contributed by atoms with Gasteiger partial charge in [0.15, 0.2) is 5.90 Å². The van der Waals surface area contributed by atoms with Crippen molar-refractivity contribution >= 4 is 23.3 Å². The summed E-state index contributed by atoms with van der Waals surface area (Å²) in [5.74, 6) is -0.345. The fourth-order valence-electron chi connectivity index (χ4n) is 2.44. The molecule has 28 heavy (non-hydrogen) atoms. The number of ether oxygens (including phenoxy) is 1. The Kier molecular flexibility index (Phi) is 6.08. The summed E-state index contributed by atoms with van der Waals surface area (Å²) in [7, 11) is 2.78. The van der Waals surface area contributed by atoms with Gasteiger partial charge in [-0.2, -0.15) is 18.2 Å². The molecule has 0 N–H and O–H groups in total. The lowest BCUT2D eigenvalue weighted by Crippen LogP contribution is -2.38. The van der Waals surface area contributed by atoms with Crippen LogP contribution in [0.15, 0.2) is 32.8 Å². The highest BCUT2D eigenvalue weighted by molar-refractivity contribution is 6.31. The largest absolute Gasteiger partial charge is 0.443 e. The first-order valence-electron chi connectivity index (χ1n) is 8.24. The number of aromatic nitrogens is 2. The van der Waals surface area contributed by atoms with Crippen LogP contribution >= 0.6 is 11.6 Å². The van der Waals surface area contributed by atoms with Crippen molar-refractivity contribution in [1.82, 2.24) is 9.13 Å². The average Bonchev–Trinajstić information content (AvgIpc) is 2.61. The molecule has 2 aromatic rings. The van der Waals surface area contributed by atoms with E-state index in [2.05, 4.69) is 4.99 Å². The zero-order valence-corrected chi connectivity index (χ0v) is 16.6. The quantitative estimate of drug-likeness (QED) is 0.563. The van der Waals surface area contributed by atoms with Gasteiger partial charge < -0.3 is 4.74 Å². The van der Waals surface area contributed by atoms with Crippen LogP contribution in [0.4, 0.5) is 19.0 Å². The van der Waals surface area contributed by atoms with E-state index >= 15 is 0 Å². The van der Waals surface area contributed by atoms with Crippen molar-refractivity contribution < 1.29 is 17.9 Å². The topological polar surface area (TPSA) is 65.6 Å². The van der Waals surface area contributed by atoms with Crippen molar-refractivity contribution in [3.05, 3.63) is 55.2 Å². The van der Waals surface area contributed by atoms with Gasteiger partial charge in [-0.3, -0.25) is 13.9 Å². The van der Waals surface area contributed by atoms with Crippen LogP contribution in [-0.2, 0) is 20.3 Å². The first-order valence-corrected chi connectivity index (χ1v) is 8.62. The molecule has 0 bridgehead atoms. The first-order chi connectivity index (χ1) is 12.8. The van der Waals surface area contributed by atoms with Gasteiger partial charge in [0.05, 0.1) is 16.1 Å². The molecule has 0 aliphatic heterocycles. The molecule has 0 spiro atoms. The fraction of sp³-hybridized carbons (Fsp3) is 0.389. The molecular formula is C18H19ClF3N3O3. The Morgan fingerprint density at radius 1 is 1.18 bits per heavy atom. The molecule has 0 aliphatic carbocycles. The number of hydrogen-bond donors (Lipinski definition) is 0. The highest BCUT2D eigenvalue weighted by Gasteiger charge is 2.33. The van der Waals surface area contributed by atoms with Crippen LogP contribution in [0.1, 0.15) is 25.0 Å². The van der Waals surface area contributed by atoms with E-state index in [1.165, 1.54) is 31.7 Å². The third-order valence-corrected chi connectivity index (χ3v) is 4.36. The number of nitrogens with zero attached hydrogens (tertiary/aromatic N) is 3. The molecule has 0 saturated heterocycles. The molecule has 6 nitrogen and oxygen atoms in total. The SMILES string of the molecule is Cc1c(/N=C(/Oc2ccc(Cl)c(C(F)(F)F)c2)C(C)C)n(C)c(=O)n(C)c1=O. The lowest BCUT2D eigenvalue weighted by Gasteiger charge is -2.16. The number of alkyl halides is 3. The van der Waals surface area contributed by atoms with E-state index < -0.39 is 28.0 Å². The minimum Gasteiger partial charge on any atom is -0.443 e. The van der Waals surface area contributed by atoms with E-state index in [-0.39, 0.29) is 28.9 Å². The Labute approximate surface area is 163 Å². The number of aliphatic imine (C=N–C) groups is 1. The minimum absolute atomic E-state index is 0.0433. The second-order valence-corrected chi connectivity index (χ2v) is 6.91. The molecule has 0 aliphatic rings. The third-order valence-electron chi connectivity index (χ3n) is 4.03. The monoisotopic (exact) mass is 417 g/mol. The predicted octanol–water partition coefficient (Wildman–Crippen LogP) is 3.83. The van der Waals surface area contributed by atoms with Crippen LogP contribution in [-0.4, -0.2) is 15.0 Å². The Morgan fingerprint density at radius 2 is 1.79 bits per heavy atom. The van der Waals surface area contributed by atoms with Crippen molar-refractivity contribution in [1.29, 1.82) is 0 Å². The normalized spacial score (nSPS) is 12.6. The third kappa shape index (κ3) is 4.30. The number of rotatable bonds is 3. The number of halogens is 4. The van der Waals surface area contributed by atoms with E-state index in [0.29, 0.717) is 0 Å². The van der Waals surface area contributed by atoms with Crippen LogP contribution in [0.2, 0.25) is 5.02 Å². The molecule has 1 aromatic carbocycles. The minimum atomic E-state index is -4.64. The van der Waals surface area contributed by atoms with Crippen molar-refractivity contribution in [3.8, 4) is 5.75 Å². The maximum absolute atomic E-state index is 13.1. The molecule has 0 amide bonds. The summed E-state index contributed by atoms with van der Waals surface area (Å²) < 4.78 is 46.8. The lowest BCUT2D eigenvalue weighted by molar-refractivity contribution is -0.137. The average molecular weight is 418 g/mol. The molecule has 0 saturated carbocycles. The fourth-order valence-corrected chi connectivity index (χ4v) is 2.66. The second-order valence-electron chi connectivity index (χ2n) is 6.50. The van der Waals surface area contributed by atoms with E-state index in [4.69, 9.17) is 16.3 Å². The highest BCUT2D eigenvalue weighted by atomic mass is 35.5. The van der Waals surface area contributed by atoms with E-state index in [1.807, 2.05) is 0 Å². The zero-order chi connectivity index (χ0) is 21.4. The van der Waals surface area contributed by atoms with Gasteiger partial charge >= 0.3 is 11.9 Å². The van der Waals surface area contributed by atoms with Crippen molar-refractivity contribution in [2.75, 3.05) is 0 Å². The van der Waals surface area contributed by atoms with Crippen LogP contribution in [0.5, 0.6) is 5.75 Å². The molecule has 0 radical (unpaired) electrons. The zero-order valence-electron chi connectivity index (χ0n) is 15.9. The van der Waals surface area contributed by atoms with E-state index in [0.717, 1.165) is 16.7 Å². The van der Waals surface area contributed by atoms with Gasteiger partial charge in [-0.25, -0.2) is 4.79 Å². The van der Waals surface area contributed by atoms with Gasteiger partial charge in [0, 0.05) is 20.0 Å². The summed E-state index contributed by atoms with van der Waals surface area (Å²) in [6.45, 7) is 4.93. The molecule has 0 atom stereocenters. The molecule has 0 unspecified atom stereocenters. The number of benzene rings is 1. The molecule has 1 aromatic heterocycles. The molecule has 10 heteroatoms. The van der Waals surface area contributed by atoms with Crippen molar-refractivity contribution in [2.45, 2.75) is 26.9 Å². The summed E-state index contributed by atoms with van der Waals surface area (Å²) in [5, 5.41) is -0.451. The van der Waals surface area contributed by atoms with Gasteiger partial charge in [0.1, 0.15) is 11.6 Å². The van der Waals surface area contributed by atoms with Crippen molar-refractivity contribution in [2.24, 2.45) is 25.0 Å². The summed E-state index contributed by atoms with van der Waals surface area (Å²) in [5.41, 5.74) is -1.93. The summed E-state index contributed by atoms with van der Waals surface area (Å²) in [6, 6.07) is 3.14. The first kappa shape index (κ1) is 21.7. The van der Waals surface area contributed by atoms with Crippen LogP contribution in [0.3, 0.4) is 0 Å². The number of hydrogen-bond acceptors (Lipinski definition) is 4. The molecular weight excluding hydrogens is 399 g/mol. The lowest BCUT2D eigenvalue weighted by atomic mass is 10.2. The van der Waals surface area contributed by atoms with Gasteiger partial charge in [-0.05, 0) is 25.1 Å². The Bertz CT molecular complexity index is 1020. The summed E-state index contributed by atoms with van der Waals surface area (Å²) in [4.78, 5) is 28.6. The van der Waals surface area contributed by atoms with Crippen molar-refractivity contribution in [3.63, 3.8) is 0 Å². The Morgan fingerprint density at radius 3 is 2.32 bits per heavy atom. The second kappa shape index (κ2) is 7.83. The van der Waals surface area contributed by atoms with E-state index in [9.17, 15) is 22.8 Å². The summed E-state index contributed by atoms with van der Waals surface area (Å²) in [6.07, 6.45) is -4.64. The molecule has 2 rings (SSSR count). The molecule has 1 heterocycles. The summed E-state index contributed by atoms with van der Waals surface area (Å²) >= 11 is 5.62. The Hall–Kier alpha value is -2.55. The standard InChI is InChI=1S/C18H19ClF3N3O3/c1-9(2)15(23-14-10(3)16(26)25(5)17(27)24(14)4)28-11-6-7-13(19)12(8-11)18(20,21)22/h6-9H,1-5H3/b23-15+. The van der Waals surface area contributed by atoms with Gasteiger partial charge in [0.2, 0.25) is 0 Å². The van der Waals surface area contributed by atoms with Crippen LogP contribution in [0, 0.1) is 12.8 Å². The maximum Gasteiger partial charge on any atom is 0.417 e. The maximum atomic E-state index is 13.1. The Balaban J connectivity index is 2.58. The molecule has 0 fully saturated rings. The molecule has 152 valence electrons. The highest BCUT2D eigenvalue weighted by Crippen LogP contribution is 2.37. The van der Waals surface area contributed by atoms with Gasteiger partial charge in [-0.1, -0.05) is 25.4 Å². The smallest absolute Gasteiger partial charge is 0.417 e. The predicted molar refractivity (Wildman–Crippen MR) is 101 cm³/mol. The van der Waals surface area contributed by atoms with Gasteiger partial charge in [-0.15, -0.1) is 0 Å². The van der Waals surface area contributed by atoms with Crippen LogP contribution < -0.4 is 16.0 Å². The van der Waals surface area contributed by atoms with Crippen LogP contribution in [0.25, 0.3) is 0 Å². The van der Waals surface area contributed by atoms with Gasteiger partial charge in [0.25, 0.3) is 5.56 Å².